The van der Waals surface area contributed by atoms with Crippen LogP contribution in [-0.4, -0.2) is 26.0 Å². The standard InChI is InChI=1S/C5H4N2O5/c8-3-2(4(9)10)1-7(12)5(11)6-3/h1,12H,(H,9,10)(H,6,8,11). The second-order valence-electron chi connectivity index (χ2n) is 1.95. The fourth-order valence-corrected chi connectivity index (χ4v) is 0.614. The highest BCUT2D eigenvalue weighted by molar-refractivity contribution is 5.86. The summed E-state index contributed by atoms with van der Waals surface area (Å²) in [5.41, 5.74) is -2.82. The Kier molecular flexibility index (Phi) is 1.70. The first kappa shape index (κ1) is 8.05. The van der Waals surface area contributed by atoms with Crippen LogP contribution in [0.5, 0.6) is 0 Å². The van der Waals surface area contributed by atoms with E-state index >= 15 is 0 Å². The van der Waals surface area contributed by atoms with E-state index in [-0.39, 0.29) is 4.73 Å². The summed E-state index contributed by atoms with van der Waals surface area (Å²) in [6.07, 6.45) is 0.531. The third-order valence-electron chi connectivity index (χ3n) is 1.15. The van der Waals surface area contributed by atoms with Gasteiger partial charge in [-0.05, 0) is 0 Å². The second kappa shape index (κ2) is 2.53. The minimum Gasteiger partial charge on any atom is -0.477 e. The largest absolute Gasteiger partial charge is 0.477 e. The molecule has 0 atom stereocenters. The SMILES string of the molecule is O=C(O)c1cn(O)c(=O)[nH]c1=O. The molecule has 0 aliphatic carbocycles. The Morgan fingerprint density at radius 1 is 1.50 bits per heavy atom. The zero-order valence-electron chi connectivity index (χ0n) is 5.64. The van der Waals surface area contributed by atoms with Crippen molar-refractivity contribution in [3.63, 3.8) is 0 Å². The molecule has 1 rings (SSSR count). The predicted molar refractivity (Wildman–Crippen MR) is 35.5 cm³/mol. The van der Waals surface area contributed by atoms with Crippen LogP contribution in [0.3, 0.4) is 0 Å². The van der Waals surface area contributed by atoms with Crippen LogP contribution in [0.25, 0.3) is 0 Å². The van der Waals surface area contributed by atoms with Crippen LogP contribution >= 0.6 is 0 Å². The fourth-order valence-electron chi connectivity index (χ4n) is 0.614. The highest BCUT2D eigenvalue weighted by Gasteiger charge is 2.10. The summed E-state index contributed by atoms with van der Waals surface area (Å²) >= 11 is 0. The fraction of sp³-hybridized carbons (Fsp3) is 0. The van der Waals surface area contributed by atoms with Gasteiger partial charge >= 0.3 is 11.7 Å². The lowest BCUT2D eigenvalue weighted by Gasteiger charge is -1.94. The number of aromatic carboxylic acids is 1. The molecule has 0 saturated carbocycles. The third-order valence-corrected chi connectivity index (χ3v) is 1.15. The van der Waals surface area contributed by atoms with Gasteiger partial charge in [0.15, 0.2) is 0 Å². The Hall–Kier alpha value is -2.05. The molecular formula is C5H4N2O5. The molecule has 0 unspecified atom stereocenters. The van der Waals surface area contributed by atoms with Crippen molar-refractivity contribution < 1.29 is 15.1 Å². The topological polar surface area (TPSA) is 112 Å². The molecule has 0 aliphatic rings. The number of carboxylic acids is 1. The number of hydrogen-bond acceptors (Lipinski definition) is 4. The molecule has 0 spiro atoms. The van der Waals surface area contributed by atoms with E-state index in [1.165, 1.54) is 0 Å². The summed E-state index contributed by atoms with van der Waals surface area (Å²) in [7, 11) is 0. The van der Waals surface area contributed by atoms with Crippen molar-refractivity contribution in [1.82, 2.24) is 9.71 Å². The van der Waals surface area contributed by atoms with Crippen LogP contribution in [0, 0.1) is 0 Å². The smallest absolute Gasteiger partial charge is 0.361 e. The van der Waals surface area contributed by atoms with Gasteiger partial charge in [0, 0.05) is 0 Å². The molecule has 0 aromatic carbocycles. The van der Waals surface area contributed by atoms with Gasteiger partial charge < -0.3 is 10.3 Å². The van der Waals surface area contributed by atoms with Crippen molar-refractivity contribution >= 4 is 5.97 Å². The first-order valence-corrected chi connectivity index (χ1v) is 2.81. The highest BCUT2D eigenvalue weighted by Crippen LogP contribution is 1.83. The maximum Gasteiger partial charge on any atom is 0.361 e. The van der Waals surface area contributed by atoms with Gasteiger partial charge in [-0.3, -0.25) is 9.78 Å². The minimum atomic E-state index is -1.51. The Labute approximate surface area is 64.5 Å². The third kappa shape index (κ3) is 1.19. The number of carbonyl (C=O) groups is 1. The molecule has 0 fully saturated rings. The number of H-pyrrole nitrogens is 1. The van der Waals surface area contributed by atoms with Crippen molar-refractivity contribution in [2.45, 2.75) is 0 Å². The van der Waals surface area contributed by atoms with Crippen LogP contribution < -0.4 is 11.2 Å². The van der Waals surface area contributed by atoms with Gasteiger partial charge in [0.2, 0.25) is 0 Å². The number of aromatic amines is 1. The van der Waals surface area contributed by atoms with Crippen molar-refractivity contribution in [3.8, 4) is 0 Å². The Morgan fingerprint density at radius 2 is 2.08 bits per heavy atom. The average molecular weight is 172 g/mol. The molecule has 3 N–H and O–H groups in total. The summed E-state index contributed by atoms with van der Waals surface area (Å²) in [5.74, 6) is -1.51. The molecule has 7 nitrogen and oxygen atoms in total. The van der Waals surface area contributed by atoms with Crippen LogP contribution in [0.2, 0.25) is 0 Å². The number of hydrogen-bond donors (Lipinski definition) is 3. The quantitative estimate of drug-likeness (QED) is 0.445. The molecule has 0 bridgehead atoms. The van der Waals surface area contributed by atoms with E-state index in [1.54, 1.807) is 4.98 Å². The van der Waals surface area contributed by atoms with Gasteiger partial charge in [-0.1, -0.05) is 0 Å². The molecule has 0 aliphatic heterocycles. The summed E-state index contributed by atoms with van der Waals surface area (Å²) in [4.78, 5) is 33.0. The molecule has 1 heterocycles. The molecule has 0 saturated heterocycles. The van der Waals surface area contributed by atoms with Crippen molar-refractivity contribution in [2.24, 2.45) is 0 Å². The highest BCUT2D eigenvalue weighted by atomic mass is 16.5. The average Bonchev–Trinajstić information content (AvgIpc) is 1.96. The summed E-state index contributed by atoms with van der Waals surface area (Å²) in [5, 5.41) is 17.0. The zero-order valence-corrected chi connectivity index (χ0v) is 5.64. The number of nitrogens with one attached hydrogen (secondary N) is 1. The van der Waals surface area contributed by atoms with E-state index in [9.17, 15) is 14.4 Å². The molecule has 1 aromatic heterocycles. The van der Waals surface area contributed by atoms with E-state index in [4.69, 9.17) is 10.3 Å². The van der Waals surface area contributed by atoms with E-state index in [0.717, 1.165) is 0 Å². The van der Waals surface area contributed by atoms with Crippen molar-refractivity contribution in [3.05, 3.63) is 32.6 Å². The lowest BCUT2D eigenvalue weighted by Crippen LogP contribution is -2.32. The normalized spacial score (nSPS) is 9.67. The van der Waals surface area contributed by atoms with Crippen LogP contribution in [0.4, 0.5) is 0 Å². The summed E-state index contributed by atoms with van der Waals surface area (Å²) in [6, 6.07) is 0. The molecule has 7 heteroatoms. The van der Waals surface area contributed by atoms with Gasteiger partial charge in [0.05, 0.1) is 6.20 Å². The zero-order chi connectivity index (χ0) is 9.30. The maximum atomic E-state index is 10.7. The molecule has 0 radical (unpaired) electrons. The first-order valence-electron chi connectivity index (χ1n) is 2.81. The van der Waals surface area contributed by atoms with E-state index in [0.29, 0.717) is 6.20 Å². The van der Waals surface area contributed by atoms with Crippen LogP contribution in [0.1, 0.15) is 10.4 Å². The summed E-state index contributed by atoms with van der Waals surface area (Å²) < 4.78 is -0.00907. The molecule has 64 valence electrons. The number of aromatic nitrogens is 2. The maximum absolute atomic E-state index is 10.7. The van der Waals surface area contributed by atoms with Gasteiger partial charge in [0.1, 0.15) is 5.56 Å². The number of carboxylic acid groups (broad SMARTS) is 1. The van der Waals surface area contributed by atoms with E-state index in [1.807, 2.05) is 0 Å². The lowest BCUT2D eigenvalue weighted by atomic mass is 10.3. The lowest BCUT2D eigenvalue weighted by molar-refractivity contribution is 0.0687. The molecular weight excluding hydrogens is 168 g/mol. The van der Waals surface area contributed by atoms with Gasteiger partial charge in [0.25, 0.3) is 5.56 Å². The Balaban J connectivity index is 3.54. The number of rotatable bonds is 1. The van der Waals surface area contributed by atoms with E-state index < -0.39 is 22.8 Å². The second-order valence-corrected chi connectivity index (χ2v) is 1.95. The van der Waals surface area contributed by atoms with Crippen molar-refractivity contribution in [1.29, 1.82) is 0 Å². The Bertz CT molecular complexity index is 428. The molecule has 0 amide bonds. The van der Waals surface area contributed by atoms with Crippen LogP contribution in [-0.2, 0) is 0 Å². The first-order chi connectivity index (χ1) is 5.52. The van der Waals surface area contributed by atoms with Gasteiger partial charge in [-0.2, -0.15) is 0 Å². The van der Waals surface area contributed by atoms with Crippen molar-refractivity contribution in [2.75, 3.05) is 0 Å². The van der Waals surface area contributed by atoms with Crippen LogP contribution in [0.15, 0.2) is 15.8 Å². The predicted octanol–water partition coefficient (Wildman–Crippen LogP) is -1.53. The Morgan fingerprint density at radius 3 is 2.58 bits per heavy atom. The van der Waals surface area contributed by atoms with E-state index in [2.05, 4.69) is 0 Å². The monoisotopic (exact) mass is 172 g/mol. The minimum absolute atomic E-state index is 0.00907. The summed E-state index contributed by atoms with van der Waals surface area (Å²) in [6.45, 7) is 0. The molecule has 12 heavy (non-hydrogen) atoms. The molecule has 1 aromatic rings. The van der Waals surface area contributed by atoms with Gasteiger partial charge in [-0.15, -0.1) is 4.73 Å². The number of nitrogens with zero attached hydrogens (tertiary/aromatic N) is 1. The van der Waals surface area contributed by atoms with Gasteiger partial charge in [-0.25, -0.2) is 9.59 Å².